The van der Waals surface area contributed by atoms with E-state index in [0.29, 0.717) is 5.56 Å². The number of ether oxygens (including phenoxy) is 1. The minimum atomic E-state index is -0.433. The van der Waals surface area contributed by atoms with E-state index in [1.165, 1.54) is 18.2 Å². The van der Waals surface area contributed by atoms with Gasteiger partial charge in [0, 0.05) is 0 Å². The van der Waals surface area contributed by atoms with E-state index >= 15 is 0 Å². The van der Waals surface area contributed by atoms with Crippen molar-refractivity contribution in [2.75, 3.05) is 6.54 Å². The summed E-state index contributed by atoms with van der Waals surface area (Å²) in [6.07, 6.45) is 0. The molecule has 0 heterocycles. The van der Waals surface area contributed by atoms with Crippen LogP contribution in [0.4, 0.5) is 8.78 Å². The lowest BCUT2D eigenvalue weighted by Crippen LogP contribution is -1.99. The second-order valence-electron chi connectivity index (χ2n) is 4.04. The van der Waals surface area contributed by atoms with Crippen LogP contribution in [0.25, 0.3) is 0 Å². The number of halogens is 2. The summed E-state index contributed by atoms with van der Waals surface area (Å²) in [6, 6.07) is 10.6. The van der Waals surface area contributed by atoms with Crippen molar-refractivity contribution in [2.45, 2.75) is 6.61 Å². The van der Waals surface area contributed by atoms with Crippen LogP contribution in [0.5, 0.6) is 5.75 Å². The lowest BCUT2D eigenvalue weighted by Gasteiger charge is -2.07. The molecular weight excluding hydrogens is 260 g/mol. The first-order chi connectivity index (χ1) is 9.70. The Kier molecular flexibility index (Phi) is 4.70. The van der Waals surface area contributed by atoms with E-state index in [1.807, 2.05) is 0 Å². The van der Waals surface area contributed by atoms with Gasteiger partial charge in [-0.3, -0.25) is 0 Å². The standard InChI is InChI=1S/C16H13F2NO/c17-14-8-7-12(10-13(14)4-3-9-19)11-20-16-6-2-1-5-15(16)18/h1-2,5-8,10H,9,11,19H2. The van der Waals surface area contributed by atoms with Crippen LogP contribution in [0.2, 0.25) is 0 Å². The monoisotopic (exact) mass is 273 g/mol. The van der Waals surface area contributed by atoms with Gasteiger partial charge in [-0.25, -0.2) is 8.78 Å². The molecule has 2 nitrogen and oxygen atoms in total. The quantitative estimate of drug-likeness (QED) is 0.873. The third-order valence-corrected chi connectivity index (χ3v) is 2.59. The molecule has 2 aromatic rings. The Morgan fingerprint density at radius 2 is 1.85 bits per heavy atom. The van der Waals surface area contributed by atoms with Gasteiger partial charge in [-0.2, -0.15) is 0 Å². The Bertz CT molecular complexity index is 659. The SMILES string of the molecule is NCC#Cc1cc(COc2ccccc2F)ccc1F. The second kappa shape index (κ2) is 6.69. The zero-order valence-corrected chi connectivity index (χ0v) is 10.7. The maximum atomic E-state index is 13.5. The van der Waals surface area contributed by atoms with Crippen molar-refractivity contribution in [3.63, 3.8) is 0 Å². The highest BCUT2D eigenvalue weighted by molar-refractivity contribution is 5.38. The highest BCUT2D eigenvalue weighted by Gasteiger charge is 2.04. The molecule has 4 heteroatoms. The summed E-state index contributed by atoms with van der Waals surface area (Å²) >= 11 is 0. The Morgan fingerprint density at radius 1 is 1.05 bits per heavy atom. The normalized spacial score (nSPS) is 9.75. The van der Waals surface area contributed by atoms with Crippen molar-refractivity contribution in [3.8, 4) is 17.6 Å². The maximum absolute atomic E-state index is 13.5. The first-order valence-corrected chi connectivity index (χ1v) is 6.05. The summed E-state index contributed by atoms with van der Waals surface area (Å²) < 4.78 is 32.2. The first kappa shape index (κ1) is 14.0. The highest BCUT2D eigenvalue weighted by atomic mass is 19.1. The molecule has 2 rings (SSSR count). The van der Waals surface area contributed by atoms with Crippen molar-refractivity contribution < 1.29 is 13.5 Å². The van der Waals surface area contributed by atoms with Gasteiger partial charge in [-0.05, 0) is 29.8 Å². The van der Waals surface area contributed by atoms with E-state index in [-0.39, 0.29) is 24.5 Å². The second-order valence-corrected chi connectivity index (χ2v) is 4.04. The average molecular weight is 273 g/mol. The van der Waals surface area contributed by atoms with E-state index < -0.39 is 11.6 Å². The predicted molar refractivity (Wildman–Crippen MR) is 73.1 cm³/mol. The Labute approximate surface area is 116 Å². The molecule has 2 aromatic carbocycles. The van der Waals surface area contributed by atoms with E-state index in [2.05, 4.69) is 11.8 Å². The molecule has 0 aliphatic rings. The topological polar surface area (TPSA) is 35.2 Å². The molecule has 0 spiro atoms. The molecule has 20 heavy (non-hydrogen) atoms. The lowest BCUT2D eigenvalue weighted by molar-refractivity contribution is 0.290. The molecule has 2 N–H and O–H groups in total. The van der Waals surface area contributed by atoms with E-state index in [9.17, 15) is 8.78 Å². The summed E-state index contributed by atoms with van der Waals surface area (Å²) in [5.41, 5.74) is 6.21. The molecule has 0 aliphatic heterocycles. The molecule has 0 aromatic heterocycles. The third kappa shape index (κ3) is 3.56. The molecule has 0 fully saturated rings. The van der Waals surface area contributed by atoms with Gasteiger partial charge in [0.05, 0.1) is 12.1 Å². The molecule has 0 saturated heterocycles. The van der Waals surface area contributed by atoms with Gasteiger partial charge < -0.3 is 10.5 Å². The fraction of sp³-hybridized carbons (Fsp3) is 0.125. The van der Waals surface area contributed by atoms with Crippen molar-refractivity contribution >= 4 is 0 Å². The van der Waals surface area contributed by atoms with Gasteiger partial charge in [0.1, 0.15) is 12.4 Å². The molecule has 102 valence electrons. The molecule has 0 unspecified atom stereocenters. The van der Waals surface area contributed by atoms with Crippen LogP contribution >= 0.6 is 0 Å². The summed E-state index contributed by atoms with van der Waals surface area (Å²) in [4.78, 5) is 0. The van der Waals surface area contributed by atoms with Crippen molar-refractivity contribution in [2.24, 2.45) is 5.73 Å². The summed E-state index contributed by atoms with van der Waals surface area (Å²) in [6.45, 7) is 0.300. The van der Waals surface area contributed by atoms with E-state index in [4.69, 9.17) is 10.5 Å². The van der Waals surface area contributed by atoms with E-state index in [1.54, 1.807) is 24.3 Å². The van der Waals surface area contributed by atoms with Crippen molar-refractivity contribution in [1.82, 2.24) is 0 Å². The van der Waals surface area contributed by atoms with Crippen LogP contribution in [0.15, 0.2) is 42.5 Å². The van der Waals surface area contributed by atoms with Gasteiger partial charge in [-0.15, -0.1) is 0 Å². The molecule has 0 atom stereocenters. The number of para-hydroxylation sites is 1. The third-order valence-electron chi connectivity index (χ3n) is 2.59. The van der Waals surface area contributed by atoms with Gasteiger partial charge in [0.2, 0.25) is 0 Å². The summed E-state index contributed by atoms with van der Waals surface area (Å²) in [7, 11) is 0. The van der Waals surface area contributed by atoms with Crippen LogP contribution < -0.4 is 10.5 Å². The highest BCUT2D eigenvalue weighted by Crippen LogP contribution is 2.18. The summed E-state index contributed by atoms with van der Waals surface area (Å²) in [5, 5.41) is 0. The first-order valence-electron chi connectivity index (χ1n) is 6.05. The number of rotatable bonds is 3. The molecule has 0 amide bonds. The number of hydrogen-bond acceptors (Lipinski definition) is 2. The average Bonchev–Trinajstić information content (AvgIpc) is 2.46. The minimum Gasteiger partial charge on any atom is -0.486 e. The summed E-state index contributed by atoms with van der Waals surface area (Å²) in [5.74, 6) is 4.55. The molecule has 0 saturated carbocycles. The zero-order chi connectivity index (χ0) is 14.4. The van der Waals surface area contributed by atoms with Gasteiger partial charge in [-0.1, -0.05) is 30.0 Å². The Morgan fingerprint density at radius 3 is 2.60 bits per heavy atom. The number of hydrogen-bond donors (Lipinski definition) is 1. The van der Waals surface area contributed by atoms with Crippen molar-refractivity contribution in [3.05, 3.63) is 65.2 Å². The molecular formula is C16H13F2NO. The van der Waals surface area contributed by atoms with Crippen LogP contribution in [0, 0.1) is 23.5 Å². The van der Waals surface area contributed by atoms with Crippen LogP contribution in [-0.4, -0.2) is 6.54 Å². The fourth-order valence-corrected chi connectivity index (χ4v) is 1.63. The smallest absolute Gasteiger partial charge is 0.165 e. The van der Waals surface area contributed by atoms with Gasteiger partial charge >= 0.3 is 0 Å². The van der Waals surface area contributed by atoms with Crippen LogP contribution in [-0.2, 0) is 6.61 Å². The molecule has 0 bridgehead atoms. The van der Waals surface area contributed by atoms with Gasteiger partial charge in [0.25, 0.3) is 0 Å². The van der Waals surface area contributed by atoms with Crippen molar-refractivity contribution in [1.29, 1.82) is 0 Å². The lowest BCUT2D eigenvalue weighted by atomic mass is 10.1. The number of benzene rings is 2. The van der Waals surface area contributed by atoms with E-state index in [0.717, 1.165) is 0 Å². The zero-order valence-electron chi connectivity index (χ0n) is 10.7. The van der Waals surface area contributed by atoms with Crippen LogP contribution in [0.1, 0.15) is 11.1 Å². The Balaban J connectivity index is 2.12. The predicted octanol–water partition coefficient (Wildman–Crippen LogP) is 2.85. The van der Waals surface area contributed by atoms with Gasteiger partial charge in [0.15, 0.2) is 11.6 Å². The van der Waals surface area contributed by atoms with Crippen LogP contribution in [0.3, 0.4) is 0 Å². The Hall–Kier alpha value is -2.38. The molecule has 0 radical (unpaired) electrons. The maximum Gasteiger partial charge on any atom is 0.165 e. The fourth-order valence-electron chi connectivity index (χ4n) is 1.63. The largest absolute Gasteiger partial charge is 0.486 e. The number of nitrogens with two attached hydrogens (primary N) is 1. The molecule has 0 aliphatic carbocycles. The minimum absolute atomic E-state index is 0.137.